The molecule has 0 spiro atoms. The molecule has 0 amide bonds. The van der Waals surface area contributed by atoms with E-state index in [0.717, 1.165) is 22.3 Å². The first-order valence-corrected chi connectivity index (χ1v) is 15.2. The maximum Gasteiger partial charge on any atom is 0.338 e. The zero-order valence-electron chi connectivity index (χ0n) is 24.6. The van der Waals surface area contributed by atoms with Crippen LogP contribution in [0.5, 0.6) is 11.5 Å². The van der Waals surface area contributed by atoms with E-state index in [9.17, 15) is 14.0 Å². The highest BCUT2D eigenvalue weighted by Gasteiger charge is 2.35. The number of thiazole rings is 1. The van der Waals surface area contributed by atoms with Crippen molar-refractivity contribution in [2.24, 2.45) is 4.99 Å². The van der Waals surface area contributed by atoms with Crippen LogP contribution in [0, 0.1) is 5.82 Å². The molecule has 0 unspecified atom stereocenters. The maximum atomic E-state index is 14.1. The smallest absolute Gasteiger partial charge is 0.338 e. The Hall–Kier alpha value is -5.28. The fourth-order valence-electron chi connectivity index (χ4n) is 5.18. The number of nitrogens with zero attached hydrogens (tertiary/aromatic N) is 2. The Labute approximate surface area is 262 Å². The fraction of sp³-hybridized carbons (Fsp3) is 0.139. The van der Waals surface area contributed by atoms with E-state index >= 15 is 0 Å². The molecule has 1 aromatic heterocycles. The lowest BCUT2D eigenvalue weighted by Gasteiger charge is -2.25. The largest absolute Gasteiger partial charge is 0.493 e. The lowest BCUT2D eigenvalue weighted by molar-refractivity contribution is -0.138. The van der Waals surface area contributed by atoms with Crippen molar-refractivity contribution in [2.45, 2.75) is 19.6 Å². The number of fused-ring (bicyclic) bond motifs is 1. The van der Waals surface area contributed by atoms with Gasteiger partial charge in [-0.15, -0.1) is 0 Å². The number of methoxy groups -OCH3 is 1. The molecule has 0 aliphatic carbocycles. The molecule has 1 atom stereocenters. The van der Waals surface area contributed by atoms with Gasteiger partial charge in [0.1, 0.15) is 12.4 Å². The normalized spacial score (nSPS) is 14.5. The van der Waals surface area contributed by atoms with E-state index in [1.165, 1.54) is 23.5 Å². The molecule has 9 heteroatoms. The quantitative estimate of drug-likeness (QED) is 0.199. The molecule has 0 saturated carbocycles. The summed E-state index contributed by atoms with van der Waals surface area (Å²) >= 11 is 1.25. The second kappa shape index (κ2) is 13.2. The highest BCUT2D eigenvalue weighted by Crippen LogP contribution is 2.35. The van der Waals surface area contributed by atoms with Crippen molar-refractivity contribution >= 4 is 29.1 Å². The Bertz CT molecular complexity index is 2050. The molecule has 1 aliphatic heterocycles. The van der Waals surface area contributed by atoms with Crippen LogP contribution >= 0.6 is 11.3 Å². The first-order valence-electron chi connectivity index (χ1n) is 14.4. The van der Waals surface area contributed by atoms with E-state index in [1.54, 1.807) is 48.9 Å². The molecule has 0 N–H and O–H groups in total. The van der Waals surface area contributed by atoms with Crippen LogP contribution in [0.3, 0.4) is 0 Å². The number of hydrogen-bond donors (Lipinski definition) is 0. The highest BCUT2D eigenvalue weighted by atomic mass is 32.1. The minimum absolute atomic E-state index is 0.182. The Morgan fingerprint density at radius 1 is 0.956 bits per heavy atom. The molecule has 2 heterocycles. The minimum Gasteiger partial charge on any atom is -0.493 e. The van der Waals surface area contributed by atoms with E-state index < -0.39 is 12.0 Å². The van der Waals surface area contributed by atoms with E-state index in [-0.39, 0.29) is 24.6 Å². The molecule has 4 aromatic carbocycles. The van der Waals surface area contributed by atoms with Gasteiger partial charge in [-0.05, 0) is 54.0 Å². The summed E-state index contributed by atoms with van der Waals surface area (Å²) in [4.78, 5) is 33.0. The number of esters is 1. The first-order chi connectivity index (χ1) is 22.0. The third kappa shape index (κ3) is 6.21. The van der Waals surface area contributed by atoms with Gasteiger partial charge in [-0.2, -0.15) is 0 Å². The molecule has 0 radical (unpaired) electrons. The second-order valence-electron chi connectivity index (χ2n) is 10.2. The van der Waals surface area contributed by atoms with E-state index in [1.807, 2.05) is 66.7 Å². The van der Waals surface area contributed by atoms with Crippen LogP contribution < -0.4 is 24.4 Å². The van der Waals surface area contributed by atoms with Crippen molar-refractivity contribution in [1.82, 2.24) is 4.57 Å². The summed E-state index contributed by atoms with van der Waals surface area (Å²) in [5.74, 6) is 0.159. The van der Waals surface area contributed by atoms with Gasteiger partial charge in [0, 0.05) is 5.56 Å². The molecule has 1 aliphatic rings. The van der Waals surface area contributed by atoms with Crippen LogP contribution in [0.15, 0.2) is 118 Å². The SMILES string of the molecule is CCOC(=O)C1=C(c2ccccc2)N=c2s/c(=C\c3ccc(OCc4ccc(F)cc4)c(OC)c3)c(=O)n2[C@@H]1c1ccccc1. The number of hydrogen-bond acceptors (Lipinski definition) is 7. The predicted molar refractivity (Wildman–Crippen MR) is 171 cm³/mol. The lowest BCUT2D eigenvalue weighted by atomic mass is 9.93. The topological polar surface area (TPSA) is 79.1 Å². The number of carbonyl (C=O) groups is 1. The molecule has 0 bridgehead atoms. The lowest BCUT2D eigenvalue weighted by Crippen LogP contribution is -2.39. The summed E-state index contributed by atoms with van der Waals surface area (Å²) in [7, 11) is 1.54. The van der Waals surface area contributed by atoms with Crippen molar-refractivity contribution in [1.29, 1.82) is 0 Å². The Morgan fingerprint density at radius 3 is 2.36 bits per heavy atom. The van der Waals surface area contributed by atoms with Crippen LogP contribution in [0.1, 0.15) is 35.2 Å². The number of carbonyl (C=O) groups excluding carboxylic acids is 1. The molecule has 6 rings (SSSR count). The third-order valence-corrected chi connectivity index (χ3v) is 8.26. The molecule has 5 aromatic rings. The van der Waals surface area contributed by atoms with E-state index in [0.29, 0.717) is 32.1 Å². The number of ether oxygens (including phenoxy) is 3. The van der Waals surface area contributed by atoms with Gasteiger partial charge in [0.05, 0.1) is 35.6 Å². The molecule has 226 valence electrons. The number of aromatic nitrogens is 1. The molecule has 0 fully saturated rings. The Kier molecular flexibility index (Phi) is 8.70. The summed E-state index contributed by atoms with van der Waals surface area (Å²) in [6.07, 6.45) is 1.77. The first kappa shape index (κ1) is 29.8. The van der Waals surface area contributed by atoms with Crippen molar-refractivity contribution in [3.8, 4) is 11.5 Å². The van der Waals surface area contributed by atoms with Crippen molar-refractivity contribution in [3.63, 3.8) is 0 Å². The molecule has 45 heavy (non-hydrogen) atoms. The highest BCUT2D eigenvalue weighted by molar-refractivity contribution is 7.07. The van der Waals surface area contributed by atoms with Gasteiger partial charge in [0.25, 0.3) is 5.56 Å². The van der Waals surface area contributed by atoms with E-state index in [4.69, 9.17) is 19.2 Å². The monoisotopic (exact) mass is 620 g/mol. The second-order valence-corrected chi connectivity index (χ2v) is 11.2. The van der Waals surface area contributed by atoms with Gasteiger partial charge >= 0.3 is 5.97 Å². The number of halogens is 1. The molecule has 7 nitrogen and oxygen atoms in total. The molecular weight excluding hydrogens is 591 g/mol. The summed E-state index contributed by atoms with van der Waals surface area (Å²) in [6.45, 7) is 2.17. The van der Waals surface area contributed by atoms with Crippen molar-refractivity contribution in [3.05, 3.63) is 156 Å². The number of rotatable bonds is 9. The van der Waals surface area contributed by atoms with Crippen LogP contribution in [-0.2, 0) is 16.1 Å². The van der Waals surface area contributed by atoms with Crippen LogP contribution in [0.2, 0.25) is 0 Å². The molecule has 0 saturated heterocycles. The summed E-state index contributed by atoms with van der Waals surface area (Å²) < 4.78 is 32.3. The van der Waals surface area contributed by atoms with Crippen molar-refractivity contribution < 1.29 is 23.4 Å². The Balaban J connectivity index is 1.45. The zero-order chi connectivity index (χ0) is 31.3. The summed E-state index contributed by atoms with van der Waals surface area (Å²) in [6, 6.07) is 29.6. The zero-order valence-corrected chi connectivity index (χ0v) is 25.4. The molecular formula is C36H29FN2O5S. The van der Waals surface area contributed by atoms with Crippen LogP contribution in [0.4, 0.5) is 4.39 Å². The fourth-order valence-corrected chi connectivity index (χ4v) is 6.18. The van der Waals surface area contributed by atoms with Crippen LogP contribution in [-0.4, -0.2) is 24.3 Å². The maximum absolute atomic E-state index is 14.1. The average Bonchev–Trinajstić information content (AvgIpc) is 3.38. The standard InChI is InChI=1S/C36H29FN2O5S/c1-3-43-35(41)31-32(25-10-6-4-7-11-25)38-36-39(33(31)26-12-8-5-9-13-26)34(40)30(45-36)21-24-16-19-28(29(20-24)42-2)44-22-23-14-17-27(37)18-15-23/h4-21,33H,3,22H2,1-2H3/b30-21-/t33-/m1/s1. The van der Waals surface area contributed by atoms with Crippen molar-refractivity contribution in [2.75, 3.05) is 13.7 Å². The minimum atomic E-state index is -0.740. The van der Waals surface area contributed by atoms with Gasteiger partial charge in [0.15, 0.2) is 16.3 Å². The van der Waals surface area contributed by atoms with Gasteiger partial charge in [-0.3, -0.25) is 9.36 Å². The number of benzene rings is 4. The van der Waals surface area contributed by atoms with Crippen LogP contribution in [0.25, 0.3) is 11.8 Å². The van der Waals surface area contributed by atoms with Gasteiger partial charge in [-0.25, -0.2) is 14.2 Å². The van der Waals surface area contributed by atoms with Gasteiger partial charge in [0.2, 0.25) is 0 Å². The third-order valence-electron chi connectivity index (χ3n) is 7.28. The van der Waals surface area contributed by atoms with E-state index in [2.05, 4.69) is 0 Å². The summed E-state index contributed by atoms with van der Waals surface area (Å²) in [5, 5.41) is 0. The predicted octanol–water partition coefficient (Wildman–Crippen LogP) is 5.66. The summed E-state index contributed by atoms with van der Waals surface area (Å²) in [5.41, 5.74) is 3.54. The average molecular weight is 621 g/mol. The van der Waals surface area contributed by atoms with Gasteiger partial charge < -0.3 is 14.2 Å². The van der Waals surface area contributed by atoms with Gasteiger partial charge in [-0.1, -0.05) is 90.2 Å². The Morgan fingerprint density at radius 2 is 1.67 bits per heavy atom.